The topological polar surface area (TPSA) is 155 Å². The van der Waals surface area contributed by atoms with E-state index in [9.17, 15) is 28.8 Å². The van der Waals surface area contributed by atoms with Crippen molar-refractivity contribution in [3.05, 3.63) is 36.5 Å². The minimum Gasteiger partial charge on any atom is -0.465 e. The van der Waals surface area contributed by atoms with Crippen LogP contribution in [0.25, 0.3) is 0 Å². The van der Waals surface area contributed by atoms with Gasteiger partial charge in [-0.2, -0.15) is 0 Å². The molecule has 574 valence electrons. The van der Waals surface area contributed by atoms with Crippen LogP contribution in [-0.2, 0) is 52.5 Å². The molecule has 0 radical (unpaired) electrons. The van der Waals surface area contributed by atoms with E-state index in [1.54, 1.807) is 0 Å². The largest absolute Gasteiger partial charge is 0.465 e. The molecule has 4 unspecified atom stereocenters. The lowest BCUT2D eigenvalue weighted by molar-refractivity contribution is -0.151. The van der Waals surface area contributed by atoms with Crippen LogP contribution in [0.15, 0.2) is 36.5 Å². The monoisotopic (exact) mass is 1380 g/mol. The summed E-state index contributed by atoms with van der Waals surface area (Å²) < 4.78 is 28.1. The maximum Gasteiger partial charge on any atom is 0.308 e. The van der Waals surface area contributed by atoms with Crippen molar-refractivity contribution >= 4 is 35.6 Å². The first kappa shape index (κ1) is 96.2. The van der Waals surface area contributed by atoms with Crippen molar-refractivity contribution in [3.63, 3.8) is 0 Å². The van der Waals surface area contributed by atoms with Crippen LogP contribution in [0.4, 0.5) is 0 Å². The zero-order chi connectivity index (χ0) is 72.4. The SMILES string of the molecule is CCCCC(CC)C(=O)/C=C\CCCCCCCCCC(CCCCCCCCCOC(=O)C(CC)CCCC)OC(=O)CCCN(C)C.CCCCCC/C=C\COC(=O)CCCCCCCC(CCCCCCCC(=O)OC/C=C\CCCCCCC)OC(=O)CCCN(C)C. The van der Waals surface area contributed by atoms with Gasteiger partial charge in [0.25, 0.3) is 0 Å². The zero-order valence-electron chi connectivity index (χ0n) is 65.9. The molecule has 0 aliphatic heterocycles. The minimum atomic E-state index is -0.108. The second-order valence-electron chi connectivity index (χ2n) is 28.8. The Labute approximate surface area is 604 Å². The first-order chi connectivity index (χ1) is 47.7. The molecular formula is C85H158N2O11. The smallest absolute Gasteiger partial charge is 0.308 e. The Balaban J connectivity index is 0. The quantitative estimate of drug-likeness (QED) is 0.0187. The summed E-state index contributed by atoms with van der Waals surface area (Å²) in [5.74, 6) is 0.261. The van der Waals surface area contributed by atoms with Gasteiger partial charge in [0, 0.05) is 31.6 Å². The second-order valence-corrected chi connectivity index (χ2v) is 28.8. The molecule has 0 aromatic carbocycles. The molecular weight excluding hydrogens is 1220 g/mol. The van der Waals surface area contributed by atoms with Crippen LogP contribution in [0.3, 0.4) is 0 Å². The molecule has 0 aromatic heterocycles. The van der Waals surface area contributed by atoms with Crippen LogP contribution in [0.5, 0.6) is 0 Å². The highest BCUT2D eigenvalue weighted by atomic mass is 16.6. The van der Waals surface area contributed by atoms with E-state index in [1.807, 2.05) is 46.4 Å². The lowest BCUT2D eigenvalue weighted by atomic mass is 9.94. The molecule has 0 aliphatic carbocycles. The highest BCUT2D eigenvalue weighted by Gasteiger charge is 2.19. The van der Waals surface area contributed by atoms with E-state index in [0.29, 0.717) is 51.3 Å². The van der Waals surface area contributed by atoms with Crippen LogP contribution in [0, 0.1) is 11.8 Å². The number of carbonyl (C=O) groups excluding carboxylic acids is 6. The molecule has 98 heavy (non-hydrogen) atoms. The summed E-state index contributed by atoms with van der Waals surface area (Å²) in [4.78, 5) is 77.9. The molecule has 0 aliphatic rings. The predicted octanol–water partition coefficient (Wildman–Crippen LogP) is 23.2. The normalized spacial score (nSPS) is 12.9. The van der Waals surface area contributed by atoms with Crippen molar-refractivity contribution in [1.82, 2.24) is 9.80 Å². The number of allylic oxidation sites excluding steroid dienone is 4. The summed E-state index contributed by atoms with van der Waals surface area (Å²) in [6.45, 7) is 16.1. The maximum absolute atomic E-state index is 12.6. The van der Waals surface area contributed by atoms with Crippen LogP contribution in [0.1, 0.15) is 388 Å². The summed E-state index contributed by atoms with van der Waals surface area (Å²) in [6.07, 6.45) is 68.9. The van der Waals surface area contributed by atoms with Crippen molar-refractivity contribution in [1.29, 1.82) is 0 Å². The Morgan fingerprint density at radius 1 is 0.306 bits per heavy atom. The van der Waals surface area contributed by atoms with Crippen molar-refractivity contribution in [2.45, 2.75) is 400 Å². The third kappa shape index (κ3) is 70.6. The Kier molecular flexibility index (Phi) is 74.4. The highest BCUT2D eigenvalue weighted by molar-refractivity contribution is 5.91. The van der Waals surface area contributed by atoms with E-state index in [0.717, 1.165) is 219 Å². The number of esters is 5. The van der Waals surface area contributed by atoms with E-state index < -0.39 is 0 Å². The number of hydrogen-bond acceptors (Lipinski definition) is 13. The molecule has 0 fully saturated rings. The van der Waals surface area contributed by atoms with Gasteiger partial charge in [-0.25, -0.2) is 0 Å². The fourth-order valence-corrected chi connectivity index (χ4v) is 12.2. The molecule has 13 nitrogen and oxygen atoms in total. The van der Waals surface area contributed by atoms with Crippen LogP contribution in [0.2, 0.25) is 0 Å². The lowest BCUT2D eigenvalue weighted by Crippen LogP contribution is -2.20. The van der Waals surface area contributed by atoms with Gasteiger partial charge in [0.05, 0.1) is 12.5 Å². The predicted molar refractivity (Wildman–Crippen MR) is 413 cm³/mol. The summed E-state index contributed by atoms with van der Waals surface area (Å²) in [5, 5.41) is 0. The van der Waals surface area contributed by atoms with Gasteiger partial charge in [0.2, 0.25) is 0 Å². The van der Waals surface area contributed by atoms with Crippen molar-refractivity contribution in [3.8, 4) is 0 Å². The van der Waals surface area contributed by atoms with E-state index in [1.165, 1.54) is 116 Å². The van der Waals surface area contributed by atoms with E-state index in [-0.39, 0.29) is 53.9 Å². The molecule has 13 heteroatoms. The highest BCUT2D eigenvalue weighted by Crippen LogP contribution is 2.22. The van der Waals surface area contributed by atoms with Gasteiger partial charge in [-0.1, -0.05) is 245 Å². The molecule has 0 aromatic rings. The Morgan fingerprint density at radius 3 is 1.02 bits per heavy atom. The minimum absolute atomic E-state index is 0.00311. The molecule has 0 rings (SSSR count). The van der Waals surface area contributed by atoms with E-state index in [4.69, 9.17) is 23.7 Å². The van der Waals surface area contributed by atoms with Crippen molar-refractivity contribution < 1.29 is 52.5 Å². The van der Waals surface area contributed by atoms with Crippen LogP contribution >= 0.6 is 0 Å². The first-order valence-corrected chi connectivity index (χ1v) is 41.3. The number of ketones is 1. The molecule has 0 bridgehead atoms. The van der Waals surface area contributed by atoms with Crippen LogP contribution in [-0.4, -0.2) is 119 Å². The standard InChI is InChI=1S/C43H81NO5.C42H77NO6/c1-7-11-30-38(9-3)41(45)34-27-23-19-15-13-14-17-21-25-32-40(49-42(46)35-29-36-44(5)6)33-26-22-18-16-20-24-28-37-48-43(47)39(10-4)31-12-8-2;1-5-7-9-11-13-15-23-29-38-48-41(45)34-27-21-17-19-25-32-39(49-42(46)35-30-36-43(3)4)31-24-18-16-20-26-33-40(44)47-37-28-22-14-12-10-8-6-2/h27,34,38-40H,7-26,28-33,35-37H2,1-6H3;22-23,28-29,39H,5-21,24-27,30-38H2,1-4H3/b34-27-;28-22-,29-23-. The third-order valence-electron chi connectivity index (χ3n) is 18.7. The Hall–Kier alpha value is -3.84. The molecule has 0 spiro atoms. The first-order valence-electron chi connectivity index (χ1n) is 41.3. The van der Waals surface area contributed by atoms with Gasteiger partial charge in [0.15, 0.2) is 5.78 Å². The summed E-state index contributed by atoms with van der Waals surface area (Å²) in [7, 11) is 8.11. The summed E-state index contributed by atoms with van der Waals surface area (Å²) >= 11 is 0. The van der Waals surface area contributed by atoms with Gasteiger partial charge in [-0.05, 0) is 195 Å². The van der Waals surface area contributed by atoms with Gasteiger partial charge < -0.3 is 33.5 Å². The van der Waals surface area contributed by atoms with Gasteiger partial charge in [-0.15, -0.1) is 0 Å². The van der Waals surface area contributed by atoms with E-state index >= 15 is 0 Å². The maximum atomic E-state index is 12.6. The lowest BCUT2D eigenvalue weighted by Gasteiger charge is -2.18. The molecule has 0 saturated carbocycles. The average Bonchev–Trinajstić information content (AvgIpc) is 3.77. The number of carbonyl (C=O) groups is 6. The summed E-state index contributed by atoms with van der Waals surface area (Å²) in [6, 6.07) is 0. The van der Waals surface area contributed by atoms with Gasteiger partial charge >= 0.3 is 29.8 Å². The molecule has 0 saturated heterocycles. The number of rotatable bonds is 72. The third-order valence-corrected chi connectivity index (χ3v) is 18.7. The second kappa shape index (κ2) is 75.8. The summed E-state index contributed by atoms with van der Waals surface area (Å²) in [5.41, 5.74) is 0. The van der Waals surface area contributed by atoms with E-state index in [2.05, 4.69) is 69.6 Å². The molecule has 4 atom stereocenters. The Bertz CT molecular complexity index is 1900. The Morgan fingerprint density at radius 2 is 0.633 bits per heavy atom. The molecule has 0 amide bonds. The zero-order valence-corrected chi connectivity index (χ0v) is 65.9. The number of unbranched alkanes of at least 4 members (excludes halogenated alkanes) is 32. The van der Waals surface area contributed by atoms with Crippen molar-refractivity contribution in [2.75, 3.05) is 61.1 Å². The number of ether oxygens (including phenoxy) is 5. The van der Waals surface area contributed by atoms with Crippen LogP contribution < -0.4 is 0 Å². The number of nitrogens with zero attached hydrogens (tertiary/aromatic N) is 2. The van der Waals surface area contributed by atoms with Gasteiger partial charge in [0.1, 0.15) is 25.4 Å². The molecule has 0 N–H and O–H groups in total. The fraction of sp³-hybridized carbons (Fsp3) is 0.859. The van der Waals surface area contributed by atoms with Gasteiger partial charge in [-0.3, -0.25) is 28.8 Å². The van der Waals surface area contributed by atoms with Crippen molar-refractivity contribution in [2.24, 2.45) is 11.8 Å². The average molecular weight is 1380 g/mol. The molecule has 0 heterocycles. The number of hydrogen-bond donors (Lipinski definition) is 0. The fourth-order valence-electron chi connectivity index (χ4n) is 12.2.